The lowest BCUT2D eigenvalue weighted by Crippen LogP contribution is -2.12. The summed E-state index contributed by atoms with van der Waals surface area (Å²) in [4.78, 5) is 4.12. The fourth-order valence-electron chi connectivity index (χ4n) is 2.51. The van der Waals surface area contributed by atoms with Crippen molar-refractivity contribution in [3.63, 3.8) is 0 Å². The molecule has 3 nitrogen and oxygen atoms in total. The van der Waals surface area contributed by atoms with Crippen LogP contribution in [-0.2, 0) is 11.3 Å². The van der Waals surface area contributed by atoms with E-state index in [4.69, 9.17) is 4.74 Å². The Kier molecular flexibility index (Phi) is 7.50. The van der Waals surface area contributed by atoms with E-state index in [0.29, 0.717) is 6.61 Å². The zero-order chi connectivity index (χ0) is 17.2. The molecule has 0 aliphatic heterocycles. The van der Waals surface area contributed by atoms with Gasteiger partial charge in [-0.1, -0.05) is 53.6 Å². The van der Waals surface area contributed by atoms with Gasteiger partial charge in [0.15, 0.2) is 0 Å². The average molecular weight is 324 g/mol. The molecule has 0 bridgehead atoms. The van der Waals surface area contributed by atoms with Crippen LogP contribution in [0.1, 0.15) is 45.3 Å². The maximum atomic E-state index is 6.16. The van der Waals surface area contributed by atoms with Crippen molar-refractivity contribution in [3.05, 3.63) is 77.9 Å². The molecule has 0 aliphatic carbocycles. The number of imidazole rings is 1. The molecule has 128 valence electrons. The first-order valence-electron chi connectivity index (χ1n) is 8.56. The van der Waals surface area contributed by atoms with Crippen LogP contribution in [0.5, 0.6) is 0 Å². The van der Waals surface area contributed by atoms with Crippen LogP contribution >= 0.6 is 0 Å². The Morgan fingerprint density at radius 1 is 1.17 bits per heavy atom. The monoisotopic (exact) mass is 324 g/mol. The Labute approximate surface area is 145 Å². The Morgan fingerprint density at radius 2 is 1.96 bits per heavy atom. The second-order valence-corrected chi connectivity index (χ2v) is 6.36. The zero-order valence-corrected chi connectivity index (χ0v) is 15.0. The molecule has 0 spiro atoms. The van der Waals surface area contributed by atoms with Gasteiger partial charge in [-0.25, -0.2) is 4.98 Å². The first kappa shape index (κ1) is 18.2. The van der Waals surface area contributed by atoms with Gasteiger partial charge in [0.1, 0.15) is 6.10 Å². The minimum absolute atomic E-state index is 0.0298. The molecule has 1 atom stereocenters. The Bertz CT molecular complexity index is 638. The lowest BCUT2D eigenvalue weighted by molar-refractivity contribution is 0.0602. The molecule has 0 radical (unpaired) electrons. The third-order valence-corrected chi connectivity index (χ3v) is 3.93. The number of ether oxygens (including phenoxy) is 1. The van der Waals surface area contributed by atoms with Gasteiger partial charge in [-0.3, -0.25) is 0 Å². The quantitative estimate of drug-likeness (QED) is 0.583. The van der Waals surface area contributed by atoms with Gasteiger partial charge in [0.25, 0.3) is 0 Å². The van der Waals surface area contributed by atoms with Crippen LogP contribution in [0.15, 0.2) is 72.4 Å². The van der Waals surface area contributed by atoms with E-state index >= 15 is 0 Å². The van der Waals surface area contributed by atoms with E-state index in [1.807, 2.05) is 18.6 Å². The van der Waals surface area contributed by atoms with Crippen molar-refractivity contribution < 1.29 is 4.74 Å². The number of aromatic nitrogens is 2. The molecule has 1 heterocycles. The number of hydrogen-bond acceptors (Lipinski definition) is 2. The zero-order valence-electron chi connectivity index (χ0n) is 15.0. The van der Waals surface area contributed by atoms with Crippen molar-refractivity contribution in [2.75, 3.05) is 6.61 Å². The SMILES string of the molecule is CC(C)=CCCC(C)=CCOC(Cn1ccnc1)c1ccccc1. The lowest BCUT2D eigenvalue weighted by atomic mass is 10.1. The molecule has 0 fully saturated rings. The maximum Gasteiger partial charge on any atom is 0.101 e. The molecule has 0 amide bonds. The third kappa shape index (κ3) is 6.55. The van der Waals surface area contributed by atoms with E-state index in [9.17, 15) is 0 Å². The standard InChI is InChI=1S/C21H28N2O/c1-18(2)8-7-9-19(3)12-15-24-21(16-23-14-13-22-17-23)20-10-5-4-6-11-20/h4-6,8,10-14,17,21H,7,9,15-16H2,1-3H3. The Morgan fingerprint density at radius 3 is 2.62 bits per heavy atom. The topological polar surface area (TPSA) is 27.1 Å². The maximum absolute atomic E-state index is 6.16. The number of rotatable bonds is 9. The van der Waals surface area contributed by atoms with Crippen LogP contribution in [0, 0.1) is 0 Å². The highest BCUT2D eigenvalue weighted by Crippen LogP contribution is 2.20. The molecule has 1 aromatic carbocycles. The molecular formula is C21H28N2O. The summed E-state index contributed by atoms with van der Waals surface area (Å²) >= 11 is 0. The highest BCUT2D eigenvalue weighted by molar-refractivity contribution is 5.17. The van der Waals surface area contributed by atoms with E-state index in [0.717, 1.165) is 19.4 Å². The van der Waals surface area contributed by atoms with Gasteiger partial charge in [0.2, 0.25) is 0 Å². The van der Waals surface area contributed by atoms with E-state index in [2.05, 4.69) is 66.7 Å². The molecule has 2 rings (SSSR count). The molecule has 3 heteroatoms. The van der Waals surface area contributed by atoms with E-state index < -0.39 is 0 Å². The molecule has 0 N–H and O–H groups in total. The predicted molar refractivity (Wildman–Crippen MR) is 99.8 cm³/mol. The molecule has 1 unspecified atom stereocenters. The molecule has 0 aliphatic rings. The second kappa shape index (κ2) is 9.89. The van der Waals surface area contributed by atoms with E-state index in [1.165, 1.54) is 16.7 Å². The summed E-state index contributed by atoms with van der Waals surface area (Å²) in [6, 6.07) is 10.4. The summed E-state index contributed by atoms with van der Waals surface area (Å²) in [7, 11) is 0. The number of nitrogens with zero attached hydrogens (tertiary/aromatic N) is 2. The van der Waals surface area contributed by atoms with Crippen LogP contribution in [-0.4, -0.2) is 16.2 Å². The van der Waals surface area contributed by atoms with Crippen LogP contribution in [0.2, 0.25) is 0 Å². The highest BCUT2D eigenvalue weighted by Gasteiger charge is 2.12. The van der Waals surface area contributed by atoms with Crippen molar-refractivity contribution in [1.29, 1.82) is 0 Å². The molecule has 0 saturated carbocycles. The van der Waals surface area contributed by atoms with Crippen molar-refractivity contribution >= 4 is 0 Å². The fraction of sp³-hybridized carbons (Fsp3) is 0.381. The Hall–Kier alpha value is -2.13. The van der Waals surface area contributed by atoms with Crippen LogP contribution in [0.25, 0.3) is 0 Å². The summed E-state index contributed by atoms with van der Waals surface area (Å²) in [5, 5.41) is 0. The summed E-state index contributed by atoms with van der Waals surface area (Å²) in [6.45, 7) is 7.87. The summed E-state index contributed by atoms with van der Waals surface area (Å²) in [5.41, 5.74) is 3.95. The summed E-state index contributed by atoms with van der Waals surface area (Å²) in [5.74, 6) is 0. The van der Waals surface area contributed by atoms with Crippen LogP contribution in [0.4, 0.5) is 0 Å². The lowest BCUT2D eigenvalue weighted by Gasteiger charge is -2.18. The normalized spacial score (nSPS) is 12.9. The summed E-state index contributed by atoms with van der Waals surface area (Å²) < 4.78 is 8.22. The predicted octanol–water partition coefficient (Wildman–Crippen LogP) is 5.33. The van der Waals surface area contributed by atoms with Crippen molar-refractivity contribution in [2.24, 2.45) is 0 Å². The fourth-order valence-corrected chi connectivity index (χ4v) is 2.51. The molecule has 2 aromatic rings. The van der Waals surface area contributed by atoms with Gasteiger partial charge < -0.3 is 9.30 Å². The van der Waals surface area contributed by atoms with Crippen LogP contribution in [0.3, 0.4) is 0 Å². The first-order chi connectivity index (χ1) is 11.6. The van der Waals surface area contributed by atoms with Crippen molar-refractivity contribution in [1.82, 2.24) is 9.55 Å². The average Bonchev–Trinajstić information content (AvgIpc) is 3.07. The van der Waals surface area contributed by atoms with Gasteiger partial charge in [-0.2, -0.15) is 0 Å². The third-order valence-electron chi connectivity index (χ3n) is 3.93. The molecule has 24 heavy (non-hydrogen) atoms. The van der Waals surface area contributed by atoms with Crippen LogP contribution < -0.4 is 0 Å². The minimum atomic E-state index is 0.0298. The van der Waals surface area contributed by atoms with Gasteiger partial charge >= 0.3 is 0 Å². The number of benzene rings is 1. The Balaban J connectivity index is 1.92. The van der Waals surface area contributed by atoms with Crippen molar-refractivity contribution in [3.8, 4) is 0 Å². The largest absolute Gasteiger partial charge is 0.368 e. The number of hydrogen-bond donors (Lipinski definition) is 0. The summed E-state index contributed by atoms with van der Waals surface area (Å²) in [6.07, 6.45) is 12.3. The van der Waals surface area contributed by atoms with Gasteiger partial charge in [-0.15, -0.1) is 0 Å². The van der Waals surface area contributed by atoms with Gasteiger partial charge in [-0.05, 0) is 39.2 Å². The van der Waals surface area contributed by atoms with E-state index in [-0.39, 0.29) is 6.10 Å². The molecular weight excluding hydrogens is 296 g/mol. The second-order valence-electron chi connectivity index (χ2n) is 6.36. The molecule has 1 aromatic heterocycles. The smallest absolute Gasteiger partial charge is 0.101 e. The first-order valence-corrected chi connectivity index (χ1v) is 8.56. The van der Waals surface area contributed by atoms with E-state index in [1.54, 1.807) is 6.20 Å². The van der Waals surface area contributed by atoms with Gasteiger partial charge in [0, 0.05) is 12.4 Å². The number of allylic oxidation sites excluding steroid dienone is 3. The minimum Gasteiger partial charge on any atom is -0.368 e. The molecule has 0 saturated heterocycles. The van der Waals surface area contributed by atoms with Crippen molar-refractivity contribution in [2.45, 2.75) is 46.3 Å². The highest BCUT2D eigenvalue weighted by atomic mass is 16.5. The van der Waals surface area contributed by atoms with Gasteiger partial charge in [0.05, 0.1) is 19.5 Å².